The topological polar surface area (TPSA) is 33.5 Å². The summed E-state index contributed by atoms with van der Waals surface area (Å²) in [7, 11) is 0. The first-order chi connectivity index (χ1) is 9.19. The lowest BCUT2D eigenvalue weighted by Crippen LogP contribution is -2.30. The highest BCUT2D eigenvalue weighted by Gasteiger charge is 2.13. The van der Waals surface area contributed by atoms with E-state index in [-0.39, 0.29) is 5.91 Å². The zero-order valence-corrected chi connectivity index (χ0v) is 12.3. The molecule has 2 rings (SSSR count). The van der Waals surface area contributed by atoms with Gasteiger partial charge < -0.3 is 9.32 Å². The van der Waals surface area contributed by atoms with E-state index in [1.54, 1.807) is 6.26 Å². The van der Waals surface area contributed by atoms with E-state index in [9.17, 15) is 4.79 Å². The van der Waals surface area contributed by atoms with E-state index in [1.807, 2.05) is 36.1 Å². The highest BCUT2D eigenvalue weighted by Crippen LogP contribution is 2.23. The first-order valence-corrected chi connectivity index (χ1v) is 7.43. The van der Waals surface area contributed by atoms with Gasteiger partial charge in [0.25, 0.3) is 0 Å². The fraction of sp³-hybridized carbons (Fsp3) is 0.357. The van der Waals surface area contributed by atoms with Gasteiger partial charge in [0.15, 0.2) is 0 Å². The van der Waals surface area contributed by atoms with E-state index >= 15 is 0 Å². The average Bonchev–Trinajstić information content (AvgIpc) is 3.04. The van der Waals surface area contributed by atoms with Crippen LogP contribution in [0.25, 0.3) is 0 Å². The predicted octanol–water partition coefficient (Wildman–Crippen LogP) is 3.98. The number of amides is 1. The maximum Gasteiger partial charge on any atom is 0.223 e. The lowest BCUT2D eigenvalue weighted by Gasteiger charge is -2.19. The van der Waals surface area contributed by atoms with Crippen molar-refractivity contribution in [1.29, 1.82) is 0 Å². The van der Waals surface area contributed by atoms with Crippen LogP contribution >= 0.6 is 22.9 Å². The third-order valence-corrected chi connectivity index (χ3v) is 4.09. The quantitative estimate of drug-likeness (QED) is 0.808. The SMILES string of the molecule is CCN(Cc1ccc(Cl)s1)C(=O)CCc1ccco1. The van der Waals surface area contributed by atoms with Crippen molar-refractivity contribution >= 4 is 28.8 Å². The van der Waals surface area contributed by atoms with Crippen LogP contribution in [0.2, 0.25) is 4.34 Å². The van der Waals surface area contributed by atoms with Gasteiger partial charge in [-0.15, -0.1) is 11.3 Å². The molecule has 0 spiro atoms. The monoisotopic (exact) mass is 297 g/mol. The number of nitrogens with zero attached hydrogens (tertiary/aromatic N) is 1. The van der Waals surface area contributed by atoms with Gasteiger partial charge in [-0.1, -0.05) is 11.6 Å². The normalized spacial score (nSPS) is 10.6. The van der Waals surface area contributed by atoms with Gasteiger partial charge in [0.2, 0.25) is 5.91 Å². The summed E-state index contributed by atoms with van der Waals surface area (Å²) in [6.45, 7) is 3.32. The predicted molar refractivity (Wildman–Crippen MR) is 77.4 cm³/mol. The van der Waals surface area contributed by atoms with E-state index in [2.05, 4.69) is 0 Å². The highest BCUT2D eigenvalue weighted by molar-refractivity contribution is 7.16. The molecule has 0 fully saturated rings. The van der Waals surface area contributed by atoms with Crippen LogP contribution < -0.4 is 0 Å². The first-order valence-electron chi connectivity index (χ1n) is 6.23. The molecule has 2 heterocycles. The van der Waals surface area contributed by atoms with E-state index in [0.29, 0.717) is 25.9 Å². The second-order valence-electron chi connectivity index (χ2n) is 4.19. The van der Waals surface area contributed by atoms with Crippen molar-refractivity contribution in [2.24, 2.45) is 0 Å². The summed E-state index contributed by atoms with van der Waals surface area (Å²) in [5, 5.41) is 0. The van der Waals surface area contributed by atoms with Crippen molar-refractivity contribution in [3.8, 4) is 0 Å². The van der Waals surface area contributed by atoms with Crippen molar-refractivity contribution in [2.45, 2.75) is 26.3 Å². The van der Waals surface area contributed by atoms with Crippen molar-refractivity contribution in [3.05, 3.63) is 45.5 Å². The van der Waals surface area contributed by atoms with Gasteiger partial charge in [0.1, 0.15) is 5.76 Å². The van der Waals surface area contributed by atoms with Gasteiger partial charge in [-0.05, 0) is 31.2 Å². The number of carbonyl (C=O) groups is 1. The Morgan fingerprint density at radius 2 is 2.26 bits per heavy atom. The Morgan fingerprint density at radius 3 is 2.84 bits per heavy atom. The number of thiophene rings is 1. The van der Waals surface area contributed by atoms with Crippen LogP contribution in [-0.2, 0) is 17.8 Å². The summed E-state index contributed by atoms with van der Waals surface area (Å²) in [5.74, 6) is 0.993. The minimum Gasteiger partial charge on any atom is -0.469 e. The summed E-state index contributed by atoms with van der Waals surface area (Å²) in [4.78, 5) is 15.1. The molecule has 0 radical (unpaired) electrons. The third kappa shape index (κ3) is 4.11. The third-order valence-electron chi connectivity index (χ3n) is 2.88. The number of hydrogen-bond acceptors (Lipinski definition) is 3. The molecule has 0 atom stereocenters. The number of carbonyl (C=O) groups excluding carboxylic acids is 1. The van der Waals surface area contributed by atoms with Crippen molar-refractivity contribution in [3.63, 3.8) is 0 Å². The van der Waals surface area contributed by atoms with Gasteiger partial charge in [0, 0.05) is 24.3 Å². The molecule has 0 bridgehead atoms. The van der Waals surface area contributed by atoms with Crippen molar-refractivity contribution in [1.82, 2.24) is 4.90 Å². The molecular formula is C14H16ClNO2S. The zero-order valence-electron chi connectivity index (χ0n) is 10.8. The Labute approximate surface area is 121 Å². The molecule has 0 aromatic carbocycles. The summed E-state index contributed by atoms with van der Waals surface area (Å²) >= 11 is 7.42. The summed E-state index contributed by atoms with van der Waals surface area (Å²) in [6.07, 6.45) is 2.75. The highest BCUT2D eigenvalue weighted by atomic mass is 35.5. The van der Waals surface area contributed by atoms with E-state index in [0.717, 1.165) is 15.0 Å². The first kappa shape index (κ1) is 14.2. The van der Waals surface area contributed by atoms with Crippen LogP contribution in [0.15, 0.2) is 34.9 Å². The molecule has 1 amide bonds. The van der Waals surface area contributed by atoms with Crippen LogP contribution in [-0.4, -0.2) is 17.4 Å². The molecule has 0 saturated heterocycles. The molecule has 3 nitrogen and oxygen atoms in total. The van der Waals surface area contributed by atoms with Crippen LogP contribution in [0.3, 0.4) is 0 Å². The second kappa shape index (κ2) is 6.78. The Kier molecular flexibility index (Phi) is 5.05. The molecule has 2 aromatic heterocycles. The Bertz CT molecular complexity index is 521. The molecule has 0 N–H and O–H groups in total. The van der Waals surface area contributed by atoms with Gasteiger partial charge in [-0.25, -0.2) is 0 Å². The second-order valence-corrected chi connectivity index (χ2v) is 5.99. The number of rotatable bonds is 6. The van der Waals surface area contributed by atoms with Crippen LogP contribution in [0.1, 0.15) is 24.0 Å². The number of halogens is 1. The fourth-order valence-electron chi connectivity index (χ4n) is 1.84. The van der Waals surface area contributed by atoms with Gasteiger partial charge in [-0.2, -0.15) is 0 Å². The fourth-order valence-corrected chi connectivity index (χ4v) is 2.95. The van der Waals surface area contributed by atoms with E-state index in [4.69, 9.17) is 16.0 Å². The van der Waals surface area contributed by atoms with Gasteiger partial charge >= 0.3 is 0 Å². The van der Waals surface area contributed by atoms with E-state index in [1.165, 1.54) is 11.3 Å². The lowest BCUT2D eigenvalue weighted by atomic mass is 10.2. The van der Waals surface area contributed by atoms with Crippen LogP contribution in [0, 0.1) is 0 Å². The molecule has 0 aliphatic heterocycles. The standard InChI is InChI=1S/C14H16ClNO2S/c1-2-16(10-12-6-7-13(15)19-12)14(17)8-5-11-4-3-9-18-11/h3-4,6-7,9H,2,5,8,10H2,1H3. The Hall–Kier alpha value is -1.26. The molecule has 2 aromatic rings. The van der Waals surface area contributed by atoms with Gasteiger partial charge in [0.05, 0.1) is 17.1 Å². The van der Waals surface area contributed by atoms with Crippen molar-refractivity contribution < 1.29 is 9.21 Å². The largest absolute Gasteiger partial charge is 0.469 e. The summed E-state index contributed by atoms with van der Waals surface area (Å²) < 4.78 is 5.99. The Balaban J connectivity index is 1.88. The van der Waals surface area contributed by atoms with Crippen molar-refractivity contribution in [2.75, 3.05) is 6.54 Å². The molecule has 0 aliphatic carbocycles. The molecule has 0 aliphatic rings. The molecule has 102 valence electrons. The molecule has 0 saturated carbocycles. The number of aryl methyl sites for hydroxylation is 1. The smallest absolute Gasteiger partial charge is 0.223 e. The van der Waals surface area contributed by atoms with E-state index < -0.39 is 0 Å². The molecular weight excluding hydrogens is 282 g/mol. The zero-order chi connectivity index (χ0) is 13.7. The minimum atomic E-state index is 0.142. The molecule has 19 heavy (non-hydrogen) atoms. The lowest BCUT2D eigenvalue weighted by molar-refractivity contribution is -0.131. The summed E-state index contributed by atoms with van der Waals surface area (Å²) in [6, 6.07) is 7.56. The maximum absolute atomic E-state index is 12.1. The summed E-state index contributed by atoms with van der Waals surface area (Å²) in [5.41, 5.74) is 0. The number of furan rings is 1. The van der Waals surface area contributed by atoms with Crippen LogP contribution in [0.5, 0.6) is 0 Å². The Morgan fingerprint density at radius 1 is 1.42 bits per heavy atom. The molecule has 0 unspecified atom stereocenters. The van der Waals surface area contributed by atoms with Crippen LogP contribution in [0.4, 0.5) is 0 Å². The molecule has 5 heteroatoms. The number of hydrogen-bond donors (Lipinski definition) is 0. The minimum absolute atomic E-state index is 0.142. The maximum atomic E-state index is 12.1. The average molecular weight is 298 g/mol. The van der Waals surface area contributed by atoms with Gasteiger partial charge in [-0.3, -0.25) is 4.79 Å².